The highest BCUT2D eigenvalue weighted by Crippen LogP contribution is 2.25. The van der Waals surface area contributed by atoms with E-state index in [1.807, 2.05) is 30.3 Å². The number of nitrogens with two attached hydrogens (primary N) is 1. The van der Waals surface area contributed by atoms with Gasteiger partial charge in [-0.25, -0.2) is 4.39 Å². The predicted octanol–water partition coefficient (Wildman–Crippen LogP) is 2.88. The maximum Gasteiger partial charge on any atom is 0.246 e. The maximum absolute atomic E-state index is 13.0. The number of rotatable bonds is 4. The normalized spacial score (nSPS) is 17.2. The Hall–Kier alpha value is -2.73. The topological polar surface area (TPSA) is 75.4 Å². The van der Waals surface area contributed by atoms with E-state index in [0.717, 1.165) is 5.56 Å². The minimum absolute atomic E-state index is 0.104. The molecule has 1 saturated heterocycles. The molecule has 1 atom stereocenters. The van der Waals surface area contributed by atoms with E-state index in [2.05, 4.69) is 5.32 Å². The molecular weight excluding hydrogens is 345 g/mol. The molecule has 0 radical (unpaired) electrons. The maximum atomic E-state index is 13.0. The Bertz CT molecular complexity index is 798. The van der Waals surface area contributed by atoms with Gasteiger partial charge in [0, 0.05) is 24.7 Å². The van der Waals surface area contributed by atoms with Crippen molar-refractivity contribution in [1.82, 2.24) is 4.90 Å². The smallest absolute Gasteiger partial charge is 0.246 e. The van der Waals surface area contributed by atoms with E-state index in [1.165, 1.54) is 24.3 Å². The van der Waals surface area contributed by atoms with Gasteiger partial charge in [-0.2, -0.15) is 0 Å². The Kier molecular flexibility index (Phi) is 5.56. The summed E-state index contributed by atoms with van der Waals surface area (Å²) in [7, 11) is 0. The molecule has 1 aliphatic rings. The number of amides is 2. The summed E-state index contributed by atoms with van der Waals surface area (Å²) in [6.45, 7) is 2.69. The molecule has 142 valence electrons. The second-order valence-corrected chi connectivity index (χ2v) is 7.13. The number of carbonyl (C=O) groups excluding carboxylic acids is 2. The largest absolute Gasteiger partial charge is 0.341 e. The summed E-state index contributed by atoms with van der Waals surface area (Å²) in [6, 6.07) is 15.0. The lowest BCUT2D eigenvalue weighted by atomic mass is 9.89. The van der Waals surface area contributed by atoms with Gasteiger partial charge in [0.15, 0.2) is 0 Å². The highest BCUT2D eigenvalue weighted by Gasteiger charge is 2.37. The van der Waals surface area contributed by atoms with Gasteiger partial charge in [-0.15, -0.1) is 0 Å². The third kappa shape index (κ3) is 4.34. The molecule has 2 aromatic carbocycles. The molecule has 2 amide bonds. The Morgan fingerprint density at radius 3 is 2.26 bits per heavy atom. The fourth-order valence-electron chi connectivity index (χ4n) is 3.36. The number of nitrogens with one attached hydrogen (secondary N) is 1. The number of likely N-dealkylation sites (tertiary alicyclic amines) is 1. The van der Waals surface area contributed by atoms with Crippen molar-refractivity contribution in [2.45, 2.75) is 25.3 Å². The van der Waals surface area contributed by atoms with Crippen LogP contribution in [0.4, 0.5) is 10.1 Å². The molecular formula is C21H24FN3O2. The molecule has 1 fully saturated rings. The van der Waals surface area contributed by atoms with E-state index in [-0.39, 0.29) is 23.5 Å². The average molecular weight is 369 g/mol. The van der Waals surface area contributed by atoms with Crippen LogP contribution in [-0.4, -0.2) is 29.8 Å². The second kappa shape index (κ2) is 7.88. The SMILES string of the molecule is CC(N)(C(=O)N1CCC(C(=O)Nc2ccc(F)cc2)CC1)c1ccccc1. The molecule has 0 aliphatic carbocycles. The molecule has 5 nitrogen and oxygen atoms in total. The van der Waals surface area contributed by atoms with Gasteiger partial charge in [0.25, 0.3) is 0 Å². The van der Waals surface area contributed by atoms with Crippen molar-refractivity contribution >= 4 is 17.5 Å². The molecule has 3 N–H and O–H groups in total. The first kappa shape index (κ1) is 19.0. The van der Waals surface area contributed by atoms with Crippen molar-refractivity contribution in [3.05, 3.63) is 66.0 Å². The zero-order chi connectivity index (χ0) is 19.4. The van der Waals surface area contributed by atoms with Gasteiger partial charge < -0.3 is 16.0 Å². The van der Waals surface area contributed by atoms with Crippen LogP contribution in [0.15, 0.2) is 54.6 Å². The molecule has 1 heterocycles. The van der Waals surface area contributed by atoms with Crippen molar-refractivity contribution in [3.8, 4) is 0 Å². The molecule has 0 saturated carbocycles. The van der Waals surface area contributed by atoms with Crippen LogP contribution in [0.3, 0.4) is 0 Å². The van der Waals surface area contributed by atoms with Gasteiger partial charge in [-0.05, 0) is 49.6 Å². The van der Waals surface area contributed by atoms with Crippen molar-refractivity contribution in [3.63, 3.8) is 0 Å². The number of hydrogen-bond donors (Lipinski definition) is 2. The van der Waals surface area contributed by atoms with Gasteiger partial charge in [0.2, 0.25) is 11.8 Å². The summed E-state index contributed by atoms with van der Waals surface area (Å²) < 4.78 is 13.0. The van der Waals surface area contributed by atoms with E-state index >= 15 is 0 Å². The summed E-state index contributed by atoms with van der Waals surface area (Å²) in [5.41, 5.74) is 6.57. The number of piperidine rings is 1. The van der Waals surface area contributed by atoms with Crippen molar-refractivity contribution in [2.75, 3.05) is 18.4 Å². The molecule has 0 aromatic heterocycles. The van der Waals surface area contributed by atoms with Crippen LogP contribution in [0.5, 0.6) is 0 Å². The van der Waals surface area contributed by atoms with Crippen LogP contribution in [0.25, 0.3) is 0 Å². The number of halogens is 1. The van der Waals surface area contributed by atoms with Crippen molar-refractivity contribution in [2.24, 2.45) is 11.7 Å². The zero-order valence-electron chi connectivity index (χ0n) is 15.3. The number of nitrogens with zero attached hydrogens (tertiary/aromatic N) is 1. The molecule has 1 aliphatic heterocycles. The van der Waals surface area contributed by atoms with E-state index < -0.39 is 5.54 Å². The summed E-state index contributed by atoms with van der Waals surface area (Å²) in [5, 5.41) is 2.81. The van der Waals surface area contributed by atoms with Gasteiger partial charge >= 0.3 is 0 Å². The van der Waals surface area contributed by atoms with Crippen LogP contribution in [0, 0.1) is 11.7 Å². The third-order valence-corrected chi connectivity index (χ3v) is 5.08. The summed E-state index contributed by atoms with van der Waals surface area (Å²) in [6.07, 6.45) is 1.15. The first-order valence-electron chi connectivity index (χ1n) is 9.08. The molecule has 1 unspecified atom stereocenters. The Morgan fingerprint density at radius 2 is 1.67 bits per heavy atom. The Morgan fingerprint density at radius 1 is 1.07 bits per heavy atom. The van der Waals surface area contributed by atoms with E-state index in [0.29, 0.717) is 31.6 Å². The van der Waals surface area contributed by atoms with Gasteiger partial charge in [-0.1, -0.05) is 30.3 Å². The predicted molar refractivity (Wildman–Crippen MR) is 102 cm³/mol. The number of carbonyl (C=O) groups is 2. The third-order valence-electron chi connectivity index (χ3n) is 5.08. The molecule has 27 heavy (non-hydrogen) atoms. The minimum atomic E-state index is -1.09. The van der Waals surface area contributed by atoms with Gasteiger partial charge in [0.1, 0.15) is 11.4 Å². The average Bonchev–Trinajstić information content (AvgIpc) is 2.70. The van der Waals surface area contributed by atoms with Gasteiger partial charge in [0.05, 0.1) is 0 Å². The zero-order valence-corrected chi connectivity index (χ0v) is 15.3. The number of benzene rings is 2. The van der Waals surface area contributed by atoms with Crippen LogP contribution >= 0.6 is 0 Å². The molecule has 0 spiro atoms. The van der Waals surface area contributed by atoms with Crippen LogP contribution in [-0.2, 0) is 15.1 Å². The minimum Gasteiger partial charge on any atom is -0.341 e. The van der Waals surface area contributed by atoms with E-state index in [4.69, 9.17) is 5.73 Å². The lowest BCUT2D eigenvalue weighted by molar-refractivity contribution is -0.139. The summed E-state index contributed by atoms with van der Waals surface area (Å²) in [4.78, 5) is 27.0. The van der Waals surface area contributed by atoms with Crippen molar-refractivity contribution in [1.29, 1.82) is 0 Å². The monoisotopic (exact) mass is 369 g/mol. The number of anilines is 1. The fraction of sp³-hybridized carbons (Fsp3) is 0.333. The van der Waals surface area contributed by atoms with Gasteiger partial charge in [-0.3, -0.25) is 9.59 Å². The highest BCUT2D eigenvalue weighted by molar-refractivity contribution is 5.93. The molecule has 6 heteroatoms. The van der Waals surface area contributed by atoms with E-state index in [9.17, 15) is 14.0 Å². The first-order chi connectivity index (χ1) is 12.9. The summed E-state index contributed by atoms with van der Waals surface area (Å²) in [5.74, 6) is -0.763. The Labute approximate surface area is 158 Å². The standard InChI is InChI=1S/C21H24FN3O2/c1-21(23,16-5-3-2-4-6-16)20(27)25-13-11-15(12-14-25)19(26)24-18-9-7-17(22)8-10-18/h2-10,15H,11-14,23H2,1H3,(H,24,26). The lowest BCUT2D eigenvalue weighted by Crippen LogP contribution is -2.53. The van der Waals surface area contributed by atoms with Crippen molar-refractivity contribution < 1.29 is 14.0 Å². The highest BCUT2D eigenvalue weighted by atomic mass is 19.1. The number of hydrogen-bond acceptors (Lipinski definition) is 3. The quantitative estimate of drug-likeness (QED) is 0.870. The molecule has 2 aromatic rings. The lowest BCUT2D eigenvalue weighted by Gasteiger charge is -2.36. The molecule has 0 bridgehead atoms. The summed E-state index contributed by atoms with van der Waals surface area (Å²) >= 11 is 0. The van der Waals surface area contributed by atoms with Crippen LogP contribution < -0.4 is 11.1 Å². The fourth-order valence-corrected chi connectivity index (χ4v) is 3.36. The Balaban J connectivity index is 1.57. The second-order valence-electron chi connectivity index (χ2n) is 7.13. The first-order valence-corrected chi connectivity index (χ1v) is 9.08. The van der Waals surface area contributed by atoms with Crippen LogP contribution in [0.1, 0.15) is 25.3 Å². The van der Waals surface area contributed by atoms with E-state index in [1.54, 1.807) is 11.8 Å². The van der Waals surface area contributed by atoms with Crippen LogP contribution in [0.2, 0.25) is 0 Å². The molecule has 3 rings (SSSR count).